The van der Waals surface area contributed by atoms with E-state index in [1.807, 2.05) is 13.8 Å². The number of aliphatic hydroxyl groups excluding tert-OH is 1. The van der Waals surface area contributed by atoms with Crippen molar-refractivity contribution < 1.29 is 44.0 Å². The van der Waals surface area contributed by atoms with Crippen LogP contribution in [0.4, 0.5) is 0 Å². The fraction of sp³-hybridized carbons (Fsp3) is 0.733. The minimum absolute atomic E-state index is 0.229. The van der Waals surface area contributed by atoms with Crippen LogP contribution < -0.4 is 11.5 Å². The molecular formula is C15H28N2O9. The summed E-state index contributed by atoms with van der Waals surface area (Å²) in [5.41, 5.74) is 10.7. The molecule has 0 aromatic rings. The number of hydrogen-bond acceptors (Lipinski definition) is 9. The fourth-order valence-electron chi connectivity index (χ4n) is 1.44. The van der Waals surface area contributed by atoms with E-state index in [1.54, 1.807) is 0 Å². The summed E-state index contributed by atoms with van der Waals surface area (Å²) in [6, 6.07) is -0.746. The lowest BCUT2D eigenvalue weighted by Crippen LogP contribution is -2.39. The van der Waals surface area contributed by atoms with Crippen LogP contribution in [0.2, 0.25) is 0 Å². The fourth-order valence-corrected chi connectivity index (χ4v) is 1.44. The molecule has 7 N–H and O–H groups in total. The smallest absolute Gasteiger partial charge is 0.323 e. The molecule has 0 saturated heterocycles. The molecule has 0 radical (unpaired) electrons. The maximum absolute atomic E-state index is 11.5. The first-order valence-electron chi connectivity index (χ1n) is 7.89. The van der Waals surface area contributed by atoms with E-state index in [2.05, 4.69) is 4.74 Å². The molecule has 0 aliphatic rings. The molecule has 152 valence electrons. The van der Waals surface area contributed by atoms with Crippen molar-refractivity contribution in [3.8, 4) is 0 Å². The minimum atomic E-state index is -1.08. The van der Waals surface area contributed by atoms with Gasteiger partial charge in [0.15, 0.2) is 6.10 Å². The molecule has 0 aliphatic carbocycles. The Kier molecular flexibility index (Phi) is 15.0. The van der Waals surface area contributed by atoms with E-state index in [9.17, 15) is 19.2 Å². The van der Waals surface area contributed by atoms with Gasteiger partial charge in [0, 0.05) is 0 Å². The maximum atomic E-state index is 11.5. The van der Waals surface area contributed by atoms with Gasteiger partial charge in [0.05, 0.1) is 26.0 Å². The van der Waals surface area contributed by atoms with Crippen molar-refractivity contribution in [3.63, 3.8) is 0 Å². The van der Waals surface area contributed by atoms with Crippen LogP contribution in [0.25, 0.3) is 0 Å². The Morgan fingerprint density at radius 2 is 1.54 bits per heavy atom. The number of ether oxygens (including phenoxy) is 2. The second-order valence-electron chi connectivity index (χ2n) is 5.65. The highest BCUT2D eigenvalue weighted by Gasteiger charge is 2.21. The van der Waals surface area contributed by atoms with Gasteiger partial charge < -0.3 is 36.3 Å². The molecular weight excluding hydrogens is 352 g/mol. The molecule has 11 heteroatoms. The van der Waals surface area contributed by atoms with Crippen molar-refractivity contribution >= 4 is 23.9 Å². The molecule has 0 bridgehead atoms. The SMILES string of the molecule is CC(C)C[C@H](N)C(=O)OC(CO)COC(=O)CN.O=C(O)CCC(=O)O. The number of aliphatic carboxylic acids is 2. The molecule has 2 atom stereocenters. The van der Waals surface area contributed by atoms with Gasteiger partial charge in [-0.25, -0.2) is 0 Å². The average molecular weight is 380 g/mol. The first-order valence-corrected chi connectivity index (χ1v) is 7.89. The van der Waals surface area contributed by atoms with Crippen molar-refractivity contribution in [1.29, 1.82) is 0 Å². The van der Waals surface area contributed by atoms with E-state index in [0.717, 1.165) is 0 Å². The quantitative estimate of drug-likeness (QED) is 0.267. The molecule has 26 heavy (non-hydrogen) atoms. The first kappa shape index (κ1) is 26.0. The first-order chi connectivity index (χ1) is 12.0. The van der Waals surface area contributed by atoms with Crippen LogP contribution in [-0.4, -0.2) is 71.1 Å². The molecule has 1 unspecified atom stereocenters. The van der Waals surface area contributed by atoms with Crippen molar-refractivity contribution in [3.05, 3.63) is 0 Å². The van der Waals surface area contributed by atoms with E-state index in [-0.39, 0.29) is 31.9 Å². The number of rotatable bonds is 11. The lowest BCUT2D eigenvalue weighted by atomic mass is 10.1. The highest BCUT2D eigenvalue weighted by atomic mass is 16.6. The predicted molar refractivity (Wildman–Crippen MR) is 88.9 cm³/mol. The predicted octanol–water partition coefficient (Wildman–Crippen LogP) is -1.30. The Morgan fingerprint density at radius 3 is 1.88 bits per heavy atom. The Bertz CT molecular complexity index is 440. The van der Waals surface area contributed by atoms with Gasteiger partial charge in [0.25, 0.3) is 0 Å². The van der Waals surface area contributed by atoms with Gasteiger partial charge in [0.2, 0.25) is 0 Å². The van der Waals surface area contributed by atoms with Crippen LogP contribution in [0.1, 0.15) is 33.1 Å². The molecule has 0 amide bonds. The number of carbonyl (C=O) groups excluding carboxylic acids is 2. The number of esters is 2. The molecule has 0 fully saturated rings. The topological polar surface area (TPSA) is 199 Å². The standard InChI is InChI=1S/C11H22N2O5.C4H6O4/c1-7(2)3-9(13)11(16)18-8(5-14)6-17-10(15)4-12;5-3(6)1-2-4(7)8/h7-9,14H,3-6,12-13H2,1-2H3;1-2H2,(H,5,6)(H,7,8)/t8?,9-;/m0./s1. The van der Waals surface area contributed by atoms with Crippen molar-refractivity contribution in [2.45, 2.75) is 45.3 Å². The monoisotopic (exact) mass is 380 g/mol. The van der Waals surface area contributed by atoms with E-state index < -0.39 is 42.6 Å². The van der Waals surface area contributed by atoms with E-state index in [4.69, 9.17) is 31.5 Å². The van der Waals surface area contributed by atoms with Gasteiger partial charge in [-0.15, -0.1) is 0 Å². The maximum Gasteiger partial charge on any atom is 0.323 e. The number of aliphatic hydroxyl groups is 1. The minimum Gasteiger partial charge on any atom is -0.481 e. The Labute approximate surface area is 151 Å². The normalized spacial score (nSPS) is 12.4. The lowest BCUT2D eigenvalue weighted by molar-refractivity contribution is -0.162. The van der Waals surface area contributed by atoms with Crippen LogP contribution in [0.5, 0.6) is 0 Å². The van der Waals surface area contributed by atoms with Crippen LogP contribution in [0.3, 0.4) is 0 Å². The van der Waals surface area contributed by atoms with Crippen LogP contribution in [-0.2, 0) is 28.7 Å². The highest BCUT2D eigenvalue weighted by Crippen LogP contribution is 2.05. The summed E-state index contributed by atoms with van der Waals surface area (Å²) in [6.45, 7) is 2.92. The molecule has 0 rings (SSSR count). The zero-order chi connectivity index (χ0) is 20.7. The van der Waals surface area contributed by atoms with Gasteiger partial charge >= 0.3 is 23.9 Å². The van der Waals surface area contributed by atoms with E-state index in [0.29, 0.717) is 6.42 Å². The van der Waals surface area contributed by atoms with E-state index >= 15 is 0 Å². The van der Waals surface area contributed by atoms with Crippen LogP contribution >= 0.6 is 0 Å². The third-order valence-corrected chi connectivity index (χ3v) is 2.66. The number of carboxylic acids is 2. The third-order valence-electron chi connectivity index (χ3n) is 2.66. The molecule has 0 heterocycles. The summed E-state index contributed by atoms with van der Waals surface area (Å²) in [5.74, 6) is -3.14. The number of nitrogens with two attached hydrogens (primary N) is 2. The van der Waals surface area contributed by atoms with Gasteiger partial charge in [-0.2, -0.15) is 0 Å². The molecule has 0 aliphatic heterocycles. The lowest BCUT2D eigenvalue weighted by Gasteiger charge is -2.19. The zero-order valence-electron chi connectivity index (χ0n) is 14.9. The van der Waals surface area contributed by atoms with Crippen molar-refractivity contribution in [1.82, 2.24) is 0 Å². The second-order valence-corrected chi connectivity index (χ2v) is 5.65. The largest absolute Gasteiger partial charge is 0.481 e. The zero-order valence-corrected chi connectivity index (χ0v) is 14.9. The molecule has 0 saturated carbocycles. The van der Waals surface area contributed by atoms with Gasteiger partial charge in [-0.05, 0) is 12.3 Å². The Balaban J connectivity index is 0. The summed E-state index contributed by atoms with van der Waals surface area (Å²) in [4.78, 5) is 41.6. The molecule has 0 spiro atoms. The number of hydrogen-bond donors (Lipinski definition) is 5. The van der Waals surface area contributed by atoms with Gasteiger partial charge in [0.1, 0.15) is 12.6 Å². The average Bonchev–Trinajstić information content (AvgIpc) is 2.55. The highest BCUT2D eigenvalue weighted by molar-refractivity contribution is 5.76. The second kappa shape index (κ2) is 15.0. The Hall–Kier alpha value is -2.24. The number of carboxylic acid groups (broad SMARTS) is 2. The molecule has 0 aromatic heterocycles. The molecule has 11 nitrogen and oxygen atoms in total. The van der Waals surface area contributed by atoms with Gasteiger partial charge in [-0.3, -0.25) is 19.2 Å². The van der Waals surface area contributed by atoms with Crippen molar-refractivity contribution in [2.75, 3.05) is 19.8 Å². The summed E-state index contributed by atoms with van der Waals surface area (Å²) in [6.07, 6.45) is -1.02. The summed E-state index contributed by atoms with van der Waals surface area (Å²) in [5, 5.41) is 24.8. The summed E-state index contributed by atoms with van der Waals surface area (Å²) >= 11 is 0. The number of carbonyl (C=O) groups is 4. The molecule has 0 aromatic carbocycles. The summed E-state index contributed by atoms with van der Waals surface area (Å²) in [7, 11) is 0. The van der Waals surface area contributed by atoms with E-state index in [1.165, 1.54) is 0 Å². The van der Waals surface area contributed by atoms with Gasteiger partial charge in [-0.1, -0.05) is 13.8 Å². The van der Waals surface area contributed by atoms with Crippen molar-refractivity contribution in [2.24, 2.45) is 17.4 Å². The van der Waals surface area contributed by atoms with Crippen LogP contribution in [0.15, 0.2) is 0 Å². The summed E-state index contributed by atoms with van der Waals surface area (Å²) < 4.78 is 9.59. The van der Waals surface area contributed by atoms with Crippen LogP contribution in [0, 0.1) is 5.92 Å². The Morgan fingerprint density at radius 1 is 1.04 bits per heavy atom. The third kappa shape index (κ3) is 16.6.